The SMILES string of the molecule is Cc1cn[nH]c1NC(=O)COc1ccc(F)cc1. The number of aromatic nitrogens is 2. The van der Waals surface area contributed by atoms with Gasteiger partial charge in [0.15, 0.2) is 6.61 Å². The summed E-state index contributed by atoms with van der Waals surface area (Å²) >= 11 is 0. The van der Waals surface area contributed by atoms with Crippen molar-refractivity contribution in [3.8, 4) is 5.75 Å². The third-order valence-corrected chi connectivity index (χ3v) is 2.28. The number of anilines is 1. The van der Waals surface area contributed by atoms with E-state index < -0.39 is 0 Å². The van der Waals surface area contributed by atoms with Crippen LogP contribution in [-0.2, 0) is 4.79 Å². The Bertz CT molecular complexity index is 537. The number of aryl methyl sites for hydroxylation is 1. The van der Waals surface area contributed by atoms with Crippen molar-refractivity contribution in [2.24, 2.45) is 0 Å². The van der Waals surface area contributed by atoms with Crippen LogP contribution in [0, 0.1) is 12.7 Å². The summed E-state index contributed by atoms with van der Waals surface area (Å²) in [5.74, 6) is 0.321. The highest BCUT2D eigenvalue weighted by Crippen LogP contribution is 2.11. The normalized spacial score (nSPS) is 10.1. The van der Waals surface area contributed by atoms with Crippen LogP contribution < -0.4 is 10.1 Å². The molecule has 2 N–H and O–H groups in total. The van der Waals surface area contributed by atoms with Gasteiger partial charge in [-0.25, -0.2) is 4.39 Å². The summed E-state index contributed by atoms with van der Waals surface area (Å²) < 4.78 is 17.8. The topological polar surface area (TPSA) is 67.0 Å². The number of nitrogens with zero attached hydrogens (tertiary/aromatic N) is 1. The lowest BCUT2D eigenvalue weighted by Crippen LogP contribution is -2.20. The fourth-order valence-corrected chi connectivity index (χ4v) is 1.33. The predicted octanol–water partition coefficient (Wildman–Crippen LogP) is 1.87. The van der Waals surface area contributed by atoms with Gasteiger partial charge in [-0.15, -0.1) is 0 Å². The molecule has 0 unspecified atom stereocenters. The number of aromatic amines is 1. The molecule has 0 radical (unpaired) electrons. The van der Waals surface area contributed by atoms with E-state index >= 15 is 0 Å². The molecule has 0 atom stereocenters. The molecule has 0 saturated heterocycles. The number of rotatable bonds is 4. The van der Waals surface area contributed by atoms with E-state index in [0.29, 0.717) is 11.6 Å². The second kappa shape index (κ2) is 5.31. The number of ether oxygens (including phenoxy) is 1. The molecule has 0 aliphatic heterocycles. The van der Waals surface area contributed by atoms with Gasteiger partial charge in [-0.05, 0) is 31.2 Å². The van der Waals surface area contributed by atoms with Crippen molar-refractivity contribution >= 4 is 11.7 Å². The molecular formula is C12H12FN3O2. The number of halogens is 1. The summed E-state index contributed by atoms with van der Waals surface area (Å²) in [6, 6.07) is 5.46. The number of amides is 1. The lowest BCUT2D eigenvalue weighted by Gasteiger charge is -2.06. The van der Waals surface area contributed by atoms with E-state index in [0.717, 1.165) is 5.56 Å². The Kier molecular flexibility index (Phi) is 3.57. The van der Waals surface area contributed by atoms with Crippen molar-refractivity contribution in [2.45, 2.75) is 6.92 Å². The molecule has 6 heteroatoms. The van der Waals surface area contributed by atoms with E-state index in [-0.39, 0.29) is 18.3 Å². The number of carbonyl (C=O) groups is 1. The molecule has 0 aliphatic carbocycles. The number of H-pyrrole nitrogens is 1. The predicted molar refractivity (Wildman–Crippen MR) is 63.8 cm³/mol. The number of hydrogen-bond donors (Lipinski definition) is 2. The third-order valence-electron chi connectivity index (χ3n) is 2.28. The molecule has 0 fully saturated rings. The van der Waals surface area contributed by atoms with Gasteiger partial charge < -0.3 is 10.1 Å². The summed E-state index contributed by atoms with van der Waals surface area (Å²) in [5, 5.41) is 9.05. The van der Waals surface area contributed by atoms with E-state index in [1.807, 2.05) is 6.92 Å². The maximum Gasteiger partial charge on any atom is 0.263 e. The Morgan fingerprint density at radius 1 is 1.44 bits per heavy atom. The monoisotopic (exact) mass is 249 g/mol. The van der Waals surface area contributed by atoms with Crippen LogP contribution in [0.15, 0.2) is 30.5 Å². The van der Waals surface area contributed by atoms with Crippen LogP contribution >= 0.6 is 0 Å². The third kappa shape index (κ3) is 3.07. The molecule has 1 amide bonds. The Balaban J connectivity index is 1.85. The molecule has 5 nitrogen and oxygen atoms in total. The Morgan fingerprint density at radius 2 is 2.17 bits per heavy atom. The smallest absolute Gasteiger partial charge is 0.263 e. The van der Waals surface area contributed by atoms with Gasteiger partial charge in [0.2, 0.25) is 0 Å². The van der Waals surface area contributed by atoms with Gasteiger partial charge in [0.1, 0.15) is 17.4 Å². The molecule has 0 aliphatic rings. The summed E-state index contributed by atoms with van der Waals surface area (Å²) in [6.07, 6.45) is 1.61. The summed E-state index contributed by atoms with van der Waals surface area (Å²) in [6.45, 7) is 1.67. The number of carbonyl (C=O) groups excluding carboxylic acids is 1. The first-order valence-electron chi connectivity index (χ1n) is 5.33. The summed E-state index contributed by atoms with van der Waals surface area (Å²) in [4.78, 5) is 11.5. The van der Waals surface area contributed by atoms with E-state index in [9.17, 15) is 9.18 Å². The molecule has 1 aromatic carbocycles. The van der Waals surface area contributed by atoms with Gasteiger partial charge in [-0.1, -0.05) is 0 Å². The van der Waals surface area contributed by atoms with Crippen molar-refractivity contribution in [1.29, 1.82) is 0 Å². The fraction of sp³-hybridized carbons (Fsp3) is 0.167. The van der Waals surface area contributed by atoms with Crippen molar-refractivity contribution in [2.75, 3.05) is 11.9 Å². The molecule has 0 spiro atoms. The molecule has 1 aromatic heterocycles. The first kappa shape index (κ1) is 12.1. The van der Waals surface area contributed by atoms with Crippen molar-refractivity contribution in [1.82, 2.24) is 10.2 Å². The number of nitrogens with one attached hydrogen (secondary N) is 2. The van der Waals surface area contributed by atoms with Crippen molar-refractivity contribution < 1.29 is 13.9 Å². The lowest BCUT2D eigenvalue weighted by atomic mass is 10.3. The minimum atomic E-state index is -0.347. The van der Waals surface area contributed by atoms with Gasteiger partial charge in [-0.3, -0.25) is 9.89 Å². The second-order valence-electron chi connectivity index (χ2n) is 3.72. The first-order chi connectivity index (χ1) is 8.65. The molecular weight excluding hydrogens is 237 g/mol. The molecule has 0 bridgehead atoms. The van der Waals surface area contributed by atoms with Gasteiger partial charge in [-0.2, -0.15) is 5.10 Å². The summed E-state index contributed by atoms with van der Waals surface area (Å²) in [5.41, 5.74) is 0.838. The van der Waals surface area contributed by atoms with E-state index in [1.54, 1.807) is 6.20 Å². The highest BCUT2D eigenvalue weighted by molar-refractivity contribution is 5.91. The molecule has 94 valence electrons. The zero-order valence-electron chi connectivity index (χ0n) is 9.74. The molecule has 2 aromatic rings. The van der Waals surface area contributed by atoms with Crippen LogP contribution in [0.3, 0.4) is 0 Å². The quantitative estimate of drug-likeness (QED) is 0.869. The Labute approximate surface area is 103 Å². The first-order valence-corrected chi connectivity index (χ1v) is 5.33. The zero-order chi connectivity index (χ0) is 13.0. The van der Waals surface area contributed by atoms with Gasteiger partial charge in [0, 0.05) is 5.56 Å². The van der Waals surface area contributed by atoms with Crippen LogP contribution in [0.25, 0.3) is 0 Å². The van der Waals surface area contributed by atoms with Crippen LogP contribution in [0.1, 0.15) is 5.56 Å². The van der Waals surface area contributed by atoms with Crippen LogP contribution in [0.4, 0.5) is 10.2 Å². The molecule has 0 saturated carbocycles. The molecule has 1 heterocycles. The highest BCUT2D eigenvalue weighted by atomic mass is 19.1. The van der Waals surface area contributed by atoms with Crippen LogP contribution in [0.5, 0.6) is 5.75 Å². The fourth-order valence-electron chi connectivity index (χ4n) is 1.33. The minimum Gasteiger partial charge on any atom is -0.484 e. The van der Waals surface area contributed by atoms with Gasteiger partial charge >= 0.3 is 0 Å². The maximum absolute atomic E-state index is 12.6. The standard InChI is InChI=1S/C12H12FN3O2/c1-8-6-14-16-12(8)15-11(17)7-18-10-4-2-9(13)3-5-10/h2-6H,7H2,1H3,(H2,14,15,16,17). The van der Waals surface area contributed by atoms with Crippen LogP contribution in [-0.4, -0.2) is 22.7 Å². The van der Waals surface area contributed by atoms with Crippen LogP contribution in [0.2, 0.25) is 0 Å². The zero-order valence-corrected chi connectivity index (χ0v) is 9.74. The average Bonchev–Trinajstić information content (AvgIpc) is 2.74. The largest absolute Gasteiger partial charge is 0.484 e. The van der Waals surface area contributed by atoms with Crippen molar-refractivity contribution in [3.63, 3.8) is 0 Å². The van der Waals surface area contributed by atoms with Gasteiger partial charge in [0.25, 0.3) is 5.91 Å². The maximum atomic E-state index is 12.6. The van der Waals surface area contributed by atoms with Gasteiger partial charge in [0.05, 0.1) is 6.20 Å². The van der Waals surface area contributed by atoms with E-state index in [4.69, 9.17) is 4.74 Å². The Morgan fingerprint density at radius 3 is 2.78 bits per heavy atom. The molecule has 2 rings (SSSR count). The average molecular weight is 249 g/mol. The molecule has 18 heavy (non-hydrogen) atoms. The Hall–Kier alpha value is -2.37. The van der Waals surface area contributed by atoms with Crippen molar-refractivity contribution in [3.05, 3.63) is 41.8 Å². The lowest BCUT2D eigenvalue weighted by molar-refractivity contribution is -0.118. The summed E-state index contributed by atoms with van der Waals surface area (Å²) in [7, 11) is 0. The highest BCUT2D eigenvalue weighted by Gasteiger charge is 2.06. The van der Waals surface area contributed by atoms with E-state index in [1.165, 1.54) is 24.3 Å². The number of benzene rings is 1. The second-order valence-corrected chi connectivity index (χ2v) is 3.72. The number of hydrogen-bond acceptors (Lipinski definition) is 3. The minimum absolute atomic E-state index is 0.149. The van der Waals surface area contributed by atoms with E-state index in [2.05, 4.69) is 15.5 Å².